The smallest absolute Gasteiger partial charge is 0.229 e. The number of hydrogen-bond acceptors (Lipinski definition) is 4. The molecule has 78 valence electrons. The van der Waals surface area contributed by atoms with Gasteiger partial charge in [-0.1, -0.05) is 0 Å². The summed E-state index contributed by atoms with van der Waals surface area (Å²) in [4.78, 5) is 16.4. The summed E-state index contributed by atoms with van der Waals surface area (Å²) in [5.41, 5.74) is 2.99. The number of aromatic nitrogens is 1. The quantitative estimate of drug-likeness (QED) is 0.779. The van der Waals surface area contributed by atoms with Gasteiger partial charge in [0, 0.05) is 11.9 Å². The van der Waals surface area contributed by atoms with E-state index in [-0.39, 0.29) is 5.91 Å². The first-order valence-electron chi connectivity index (χ1n) is 4.41. The molecule has 0 saturated carbocycles. The maximum Gasteiger partial charge on any atom is 0.229 e. The second-order valence-electron chi connectivity index (χ2n) is 2.84. The Balaban J connectivity index is 2.16. The van der Waals surface area contributed by atoms with Crippen LogP contribution in [-0.2, 0) is 11.2 Å². The highest BCUT2D eigenvalue weighted by Gasteiger charge is 2.02. The highest BCUT2D eigenvalue weighted by molar-refractivity contribution is 7.99. The van der Waals surface area contributed by atoms with Crippen LogP contribution in [0.4, 0.5) is 0 Å². The van der Waals surface area contributed by atoms with Gasteiger partial charge in [0.1, 0.15) is 0 Å². The Labute approximate surface area is 92.3 Å². The van der Waals surface area contributed by atoms with E-state index in [1.165, 1.54) is 4.88 Å². The van der Waals surface area contributed by atoms with Gasteiger partial charge in [0.25, 0.3) is 0 Å². The van der Waals surface area contributed by atoms with Crippen LogP contribution in [0.1, 0.15) is 10.6 Å². The van der Waals surface area contributed by atoms with E-state index >= 15 is 0 Å². The molecule has 0 radical (unpaired) electrons. The molecule has 0 bridgehead atoms. The van der Waals surface area contributed by atoms with Crippen molar-refractivity contribution in [3.8, 4) is 0 Å². The number of rotatable bonds is 5. The first kappa shape index (κ1) is 11.5. The van der Waals surface area contributed by atoms with Crippen molar-refractivity contribution in [2.45, 2.75) is 13.3 Å². The highest BCUT2D eigenvalue weighted by atomic mass is 32.2. The Kier molecular flexibility index (Phi) is 4.97. The minimum absolute atomic E-state index is 0.0935. The standard InChI is InChI=1S/C9H14N2OS2/c1-7-8(14-6-11-7)3-4-13-5-9(12)10-2/h6H,3-5H2,1-2H3,(H,10,12). The molecule has 0 atom stereocenters. The summed E-state index contributed by atoms with van der Waals surface area (Å²) in [6.45, 7) is 2.02. The Morgan fingerprint density at radius 2 is 2.50 bits per heavy atom. The molecular formula is C9H14N2OS2. The summed E-state index contributed by atoms with van der Waals surface area (Å²) in [6, 6.07) is 0. The Morgan fingerprint density at radius 3 is 3.07 bits per heavy atom. The molecule has 3 nitrogen and oxygen atoms in total. The minimum atomic E-state index is 0.0935. The Hall–Kier alpha value is -0.550. The molecule has 0 aliphatic carbocycles. The lowest BCUT2D eigenvalue weighted by Gasteiger charge is -1.99. The molecule has 0 fully saturated rings. The van der Waals surface area contributed by atoms with Crippen LogP contribution in [0.3, 0.4) is 0 Å². The average molecular weight is 230 g/mol. The number of hydrogen-bond donors (Lipinski definition) is 1. The van der Waals surface area contributed by atoms with Gasteiger partial charge in [-0.05, 0) is 19.1 Å². The minimum Gasteiger partial charge on any atom is -0.358 e. The fourth-order valence-electron chi connectivity index (χ4n) is 0.968. The van der Waals surface area contributed by atoms with Gasteiger partial charge in [-0.2, -0.15) is 11.8 Å². The van der Waals surface area contributed by atoms with Gasteiger partial charge in [-0.15, -0.1) is 11.3 Å². The molecule has 0 aromatic carbocycles. The molecule has 14 heavy (non-hydrogen) atoms. The first-order valence-corrected chi connectivity index (χ1v) is 6.44. The van der Waals surface area contributed by atoms with Gasteiger partial charge >= 0.3 is 0 Å². The van der Waals surface area contributed by atoms with E-state index in [2.05, 4.69) is 10.3 Å². The maximum absolute atomic E-state index is 10.9. The number of amides is 1. The van der Waals surface area contributed by atoms with E-state index in [1.807, 2.05) is 12.4 Å². The van der Waals surface area contributed by atoms with Crippen molar-refractivity contribution in [2.24, 2.45) is 0 Å². The highest BCUT2D eigenvalue weighted by Crippen LogP contribution is 2.15. The van der Waals surface area contributed by atoms with E-state index in [0.29, 0.717) is 5.75 Å². The predicted molar refractivity (Wildman–Crippen MR) is 61.9 cm³/mol. The predicted octanol–water partition coefficient (Wildman–Crippen LogP) is 1.47. The lowest BCUT2D eigenvalue weighted by molar-refractivity contribution is -0.118. The number of nitrogens with zero attached hydrogens (tertiary/aromatic N) is 1. The zero-order chi connectivity index (χ0) is 10.4. The van der Waals surface area contributed by atoms with Crippen molar-refractivity contribution >= 4 is 29.0 Å². The number of carbonyl (C=O) groups excluding carboxylic acids is 1. The van der Waals surface area contributed by atoms with Crippen LogP contribution < -0.4 is 5.32 Å². The van der Waals surface area contributed by atoms with Crippen LogP contribution in [0.15, 0.2) is 5.51 Å². The van der Waals surface area contributed by atoms with Crippen molar-refractivity contribution in [2.75, 3.05) is 18.6 Å². The van der Waals surface area contributed by atoms with Gasteiger partial charge in [0.2, 0.25) is 5.91 Å². The zero-order valence-electron chi connectivity index (χ0n) is 8.37. The van der Waals surface area contributed by atoms with Gasteiger partial charge in [0.15, 0.2) is 0 Å². The average Bonchev–Trinajstić information content (AvgIpc) is 2.58. The molecule has 0 aliphatic rings. The SMILES string of the molecule is CNC(=O)CSCCc1scnc1C. The van der Waals surface area contributed by atoms with E-state index < -0.39 is 0 Å². The molecule has 1 rings (SSSR count). The largest absolute Gasteiger partial charge is 0.358 e. The van der Waals surface area contributed by atoms with E-state index in [4.69, 9.17) is 0 Å². The van der Waals surface area contributed by atoms with Gasteiger partial charge in [0.05, 0.1) is 17.0 Å². The molecule has 1 amide bonds. The second kappa shape index (κ2) is 6.03. The summed E-state index contributed by atoms with van der Waals surface area (Å²) in [5, 5.41) is 2.60. The van der Waals surface area contributed by atoms with E-state index in [0.717, 1.165) is 17.9 Å². The molecule has 0 spiro atoms. The van der Waals surface area contributed by atoms with Crippen LogP contribution in [0, 0.1) is 6.92 Å². The Morgan fingerprint density at radius 1 is 1.71 bits per heavy atom. The number of thiazole rings is 1. The molecule has 0 unspecified atom stereocenters. The van der Waals surface area contributed by atoms with Gasteiger partial charge < -0.3 is 5.32 Å². The van der Waals surface area contributed by atoms with Crippen LogP contribution in [0.25, 0.3) is 0 Å². The molecule has 1 heterocycles. The molecule has 0 saturated heterocycles. The van der Waals surface area contributed by atoms with Crippen LogP contribution in [-0.4, -0.2) is 29.4 Å². The normalized spacial score (nSPS) is 10.1. The maximum atomic E-state index is 10.9. The molecule has 1 aromatic rings. The van der Waals surface area contributed by atoms with Crippen molar-refractivity contribution < 1.29 is 4.79 Å². The second-order valence-corrected chi connectivity index (χ2v) is 4.88. The van der Waals surface area contributed by atoms with E-state index in [9.17, 15) is 4.79 Å². The monoisotopic (exact) mass is 230 g/mol. The lowest BCUT2D eigenvalue weighted by atomic mass is 10.3. The third kappa shape index (κ3) is 3.67. The third-order valence-corrected chi connectivity index (χ3v) is 3.78. The summed E-state index contributed by atoms with van der Waals surface area (Å²) < 4.78 is 0. The molecule has 1 N–H and O–H groups in total. The first-order chi connectivity index (χ1) is 6.74. The fraction of sp³-hybridized carbons (Fsp3) is 0.556. The van der Waals surface area contributed by atoms with Crippen LogP contribution in [0.2, 0.25) is 0 Å². The molecular weight excluding hydrogens is 216 g/mol. The Bertz CT molecular complexity index is 299. The molecule has 1 aromatic heterocycles. The zero-order valence-corrected chi connectivity index (χ0v) is 10.0. The number of aryl methyl sites for hydroxylation is 2. The topological polar surface area (TPSA) is 42.0 Å². The van der Waals surface area contributed by atoms with Crippen LogP contribution in [0.5, 0.6) is 0 Å². The number of carbonyl (C=O) groups is 1. The summed E-state index contributed by atoms with van der Waals surface area (Å²) in [6.07, 6.45) is 1.01. The van der Waals surface area contributed by atoms with Gasteiger partial charge in [-0.25, -0.2) is 4.98 Å². The summed E-state index contributed by atoms with van der Waals surface area (Å²) in [7, 11) is 1.66. The molecule has 0 aliphatic heterocycles. The van der Waals surface area contributed by atoms with Crippen molar-refractivity contribution in [1.29, 1.82) is 0 Å². The summed E-state index contributed by atoms with van der Waals surface area (Å²) >= 11 is 3.35. The van der Waals surface area contributed by atoms with Crippen molar-refractivity contribution in [1.82, 2.24) is 10.3 Å². The number of thioether (sulfide) groups is 1. The van der Waals surface area contributed by atoms with Crippen LogP contribution >= 0.6 is 23.1 Å². The lowest BCUT2D eigenvalue weighted by Crippen LogP contribution is -2.20. The van der Waals surface area contributed by atoms with Gasteiger partial charge in [-0.3, -0.25) is 4.79 Å². The summed E-state index contributed by atoms with van der Waals surface area (Å²) in [5.74, 6) is 1.63. The van der Waals surface area contributed by atoms with E-state index in [1.54, 1.807) is 30.1 Å². The van der Waals surface area contributed by atoms with Crippen molar-refractivity contribution in [3.05, 3.63) is 16.1 Å². The number of nitrogens with one attached hydrogen (secondary N) is 1. The third-order valence-electron chi connectivity index (χ3n) is 1.83. The van der Waals surface area contributed by atoms with Crippen molar-refractivity contribution in [3.63, 3.8) is 0 Å². The molecule has 5 heteroatoms. The fourth-order valence-corrected chi connectivity index (χ4v) is 2.70.